The molecule has 1 fully saturated rings. The Balaban J connectivity index is 2.25. The molecular formula is C11H20O3. The summed E-state index contributed by atoms with van der Waals surface area (Å²) in [6.45, 7) is 3.82. The van der Waals surface area contributed by atoms with E-state index in [9.17, 15) is 4.79 Å². The molecule has 1 N–H and O–H groups in total. The lowest BCUT2D eigenvalue weighted by Crippen LogP contribution is -2.29. The van der Waals surface area contributed by atoms with Gasteiger partial charge in [0, 0.05) is 0 Å². The first-order chi connectivity index (χ1) is 6.63. The number of carboxylic acid groups (broad SMARTS) is 1. The second kappa shape index (κ2) is 5.35. The van der Waals surface area contributed by atoms with Crippen molar-refractivity contribution in [3.05, 3.63) is 0 Å². The van der Waals surface area contributed by atoms with E-state index in [-0.39, 0.29) is 6.10 Å². The molecule has 1 unspecified atom stereocenters. The largest absolute Gasteiger partial charge is 0.479 e. The molecule has 1 aliphatic carbocycles. The van der Waals surface area contributed by atoms with Gasteiger partial charge in [-0.05, 0) is 38.5 Å². The third-order valence-corrected chi connectivity index (χ3v) is 3.12. The summed E-state index contributed by atoms with van der Waals surface area (Å²) in [4.78, 5) is 10.6. The summed E-state index contributed by atoms with van der Waals surface area (Å²) in [6, 6.07) is 0. The molecule has 0 aliphatic heterocycles. The van der Waals surface area contributed by atoms with Gasteiger partial charge in [0.1, 0.15) is 0 Å². The first-order valence-corrected chi connectivity index (χ1v) is 5.51. The molecule has 0 heterocycles. The van der Waals surface area contributed by atoms with Crippen LogP contribution in [0.25, 0.3) is 0 Å². The molecule has 1 rings (SSSR count). The van der Waals surface area contributed by atoms with E-state index in [1.807, 2.05) is 0 Å². The van der Waals surface area contributed by atoms with Crippen LogP contribution < -0.4 is 0 Å². The molecule has 1 atom stereocenters. The van der Waals surface area contributed by atoms with Crippen molar-refractivity contribution in [3.63, 3.8) is 0 Å². The van der Waals surface area contributed by atoms with Gasteiger partial charge in [-0.15, -0.1) is 0 Å². The second-order valence-corrected chi connectivity index (χ2v) is 4.17. The van der Waals surface area contributed by atoms with Crippen molar-refractivity contribution in [1.82, 2.24) is 0 Å². The number of hydrogen-bond donors (Lipinski definition) is 1. The topological polar surface area (TPSA) is 46.5 Å². The second-order valence-electron chi connectivity index (χ2n) is 4.17. The fraction of sp³-hybridized carbons (Fsp3) is 0.909. The molecule has 0 aromatic heterocycles. The molecule has 0 bridgehead atoms. The molecule has 0 aromatic carbocycles. The quantitative estimate of drug-likeness (QED) is 0.758. The van der Waals surface area contributed by atoms with E-state index in [1.54, 1.807) is 6.92 Å². The molecule has 0 aromatic rings. The highest BCUT2D eigenvalue weighted by Crippen LogP contribution is 2.28. The molecule has 14 heavy (non-hydrogen) atoms. The van der Waals surface area contributed by atoms with Gasteiger partial charge in [0.25, 0.3) is 0 Å². The zero-order chi connectivity index (χ0) is 10.6. The lowest BCUT2D eigenvalue weighted by Gasteiger charge is -2.28. The van der Waals surface area contributed by atoms with Gasteiger partial charge in [0.2, 0.25) is 0 Å². The van der Waals surface area contributed by atoms with Crippen LogP contribution in [0.1, 0.15) is 46.0 Å². The highest BCUT2D eigenvalue weighted by molar-refractivity contribution is 5.71. The average Bonchev–Trinajstić information content (AvgIpc) is 2.19. The van der Waals surface area contributed by atoms with Crippen molar-refractivity contribution in [2.24, 2.45) is 5.92 Å². The minimum Gasteiger partial charge on any atom is -0.479 e. The summed E-state index contributed by atoms with van der Waals surface area (Å²) in [5.74, 6) is -0.0300. The van der Waals surface area contributed by atoms with Gasteiger partial charge in [-0.2, -0.15) is 0 Å². The van der Waals surface area contributed by atoms with Crippen molar-refractivity contribution in [1.29, 1.82) is 0 Å². The molecule has 0 radical (unpaired) electrons. The van der Waals surface area contributed by atoms with Crippen LogP contribution in [-0.4, -0.2) is 23.3 Å². The summed E-state index contributed by atoms with van der Waals surface area (Å²) in [5, 5.41) is 8.69. The van der Waals surface area contributed by atoms with Gasteiger partial charge in [-0.1, -0.05) is 13.3 Å². The van der Waals surface area contributed by atoms with E-state index in [0.29, 0.717) is 0 Å². The summed E-state index contributed by atoms with van der Waals surface area (Å²) in [7, 11) is 0. The van der Waals surface area contributed by atoms with Crippen LogP contribution in [0.2, 0.25) is 0 Å². The van der Waals surface area contributed by atoms with Crippen LogP contribution in [0.5, 0.6) is 0 Å². The van der Waals surface area contributed by atoms with Gasteiger partial charge < -0.3 is 9.84 Å². The predicted molar refractivity (Wildman–Crippen MR) is 54.2 cm³/mol. The summed E-state index contributed by atoms with van der Waals surface area (Å²) in [6.07, 6.45) is 5.18. The number of aliphatic carboxylic acids is 1. The maximum Gasteiger partial charge on any atom is 0.332 e. The molecule has 1 saturated carbocycles. The predicted octanol–water partition coefficient (Wildman–Crippen LogP) is 2.44. The van der Waals surface area contributed by atoms with Gasteiger partial charge in [0.05, 0.1) is 6.10 Å². The van der Waals surface area contributed by atoms with Crippen LogP contribution in [0.4, 0.5) is 0 Å². The van der Waals surface area contributed by atoms with Crippen LogP contribution in [0.3, 0.4) is 0 Å². The van der Waals surface area contributed by atoms with E-state index in [2.05, 4.69) is 6.92 Å². The fourth-order valence-corrected chi connectivity index (χ4v) is 2.02. The van der Waals surface area contributed by atoms with Crippen LogP contribution in [0.15, 0.2) is 0 Å². The monoisotopic (exact) mass is 200 g/mol. The zero-order valence-electron chi connectivity index (χ0n) is 9.03. The number of rotatable bonds is 4. The molecule has 82 valence electrons. The van der Waals surface area contributed by atoms with Gasteiger partial charge in [0.15, 0.2) is 6.10 Å². The smallest absolute Gasteiger partial charge is 0.332 e. The Bertz CT molecular complexity index is 183. The van der Waals surface area contributed by atoms with Gasteiger partial charge in [-0.25, -0.2) is 4.79 Å². The standard InChI is InChI=1S/C11H20O3/c1-3-9-4-6-10(7-5-9)14-8(2)11(12)13/h8-10H,3-7H2,1-2H3,(H,12,13). The Morgan fingerprint density at radius 3 is 2.43 bits per heavy atom. The maximum absolute atomic E-state index is 10.6. The SMILES string of the molecule is CCC1CCC(OC(C)C(=O)O)CC1. The lowest BCUT2D eigenvalue weighted by molar-refractivity contribution is -0.154. The van der Waals surface area contributed by atoms with Crippen LogP contribution >= 0.6 is 0 Å². The minimum absolute atomic E-state index is 0.170. The first kappa shape index (κ1) is 11.5. The Hall–Kier alpha value is -0.570. The van der Waals surface area contributed by atoms with E-state index in [1.165, 1.54) is 19.3 Å². The Kier molecular flexibility index (Phi) is 4.39. The summed E-state index contributed by atoms with van der Waals surface area (Å²) < 4.78 is 5.45. The Morgan fingerprint density at radius 1 is 1.43 bits per heavy atom. The van der Waals surface area contributed by atoms with E-state index in [0.717, 1.165) is 18.8 Å². The van der Waals surface area contributed by atoms with Gasteiger partial charge >= 0.3 is 5.97 Å². The number of carboxylic acids is 1. The molecule has 1 aliphatic rings. The van der Waals surface area contributed by atoms with Crippen molar-refractivity contribution in [3.8, 4) is 0 Å². The fourth-order valence-electron chi connectivity index (χ4n) is 2.02. The summed E-state index contributed by atoms with van der Waals surface area (Å²) >= 11 is 0. The third-order valence-electron chi connectivity index (χ3n) is 3.12. The Morgan fingerprint density at radius 2 is 2.00 bits per heavy atom. The van der Waals surface area contributed by atoms with E-state index < -0.39 is 12.1 Å². The third kappa shape index (κ3) is 3.29. The summed E-state index contributed by atoms with van der Waals surface area (Å²) in [5.41, 5.74) is 0. The number of ether oxygens (including phenoxy) is 1. The zero-order valence-corrected chi connectivity index (χ0v) is 9.03. The molecular weight excluding hydrogens is 180 g/mol. The van der Waals surface area contributed by atoms with Crippen molar-refractivity contribution < 1.29 is 14.6 Å². The number of hydrogen-bond acceptors (Lipinski definition) is 2. The Labute approximate surface area is 85.5 Å². The highest BCUT2D eigenvalue weighted by Gasteiger charge is 2.23. The normalized spacial score (nSPS) is 29.9. The van der Waals surface area contributed by atoms with Crippen LogP contribution in [-0.2, 0) is 9.53 Å². The van der Waals surface area contributed by atoms with E-state index in [4.69, 9.17) is 9.84 Å². The van der Waals surface area contributed by atoms with Gasteiger partial charge in [-0.3, -0.25) is 0 Å². The first-order valence-electron chi connectivity index (χ1n) is 5.51. The number of carbonyl (C=O) groups is 1. The molecule has 0 spiro atoms. The minimum atomic E-state index is -0.859. The van der Waals surface area contributed by atoms with E-state index >= 15 is 0 Å². The van der Waals surface area contributed by atoms with Crippen molar-refractivity contribution in [2.45, 2.75) is 58.2 Å². The molecule has 3 nitrogen and oxygen atoms in total. The molecule has 3 heteroatoms. The lowest BCUT2D eigenvalue weighted by atomic mass is 9.86. The van der Waals surface area contributed by atoms with Crippen molar-refractivity contribution in [2.75, 3.05) is 0 Å². The highest BCUT2D eigenvalue weighted by atomic mass is 16.5. The van der Waals surface area contributed by atoms with Crippen molar-refractivity contribution >= 4 is 5.97 Å². The maximum atomic E-state index is 10.6. The van der Waals surface area contributed by atoms with Crippen LogP contribution in [0, 0.1) is 5.92 Å². The average molecular weight is 200 g/mol. The molecule has 0 amide bonds. The molecule has 0 saturated heterocycles.